The molecule has 2 fully saturated rings. The molecule has 0 spiro atoms. The first kappa shape index (κ1) is 10.4. The number of carbonyl (C=O) groups is 2. The smallest absolute Gasteiger partial charge is 0.411 e. The fourth-order valence-corrected chi connectivity index (χ4v) is 2.79. The lowest BCUT2D eigenvalue weighted by Crippen LogP contribution is -2.55. The van der Waals surface area contributed by atoms with Crippen LogP contribution in [0.25, 0.3) is 0 Å². The van der Waals surface area contributed by atoms with Gasteiger partial charge in [-0.05, 0) is 38.8 Å². The molecule has 0 aliphatic carbocycles. The highest BCUT2D eigenvalue weighted by atomic mass is 16.4. The molecule has 2 rings (SSSR count). The van der Waals surface area contributed by atoms with Crippen LogP contribution in [-0.2, 0) is 4.79 Å². The lowest BCUT2D eigenvalue weighted by Gasteiger charge is -2.45. The summed E-state index contributed by atoms with van der Waals surface area (Å²) >= 11 is 0. The number of fused-ring (bicyclic) bond motifs is 2. The number of hydrogen-bond donors (Lipinski definition) is 2. The van der Waals surface area contributed by atoms with E-state index in [2.05, 4.69) is 4.90 Å². The Hall–Kier alpha value is -1.10. The van der Waals surface area contributed by atoms with Crippen molar-refractivity contribution in [2.75, 3.05) is 19.6 Å². The lowest BCUT2D eigenvalue weighted by molar-refractivity contribution is -0.136. The van der Waals surface area contributed by atoms with E-state index in [-0.39, 0.29) is 5.91 Å². The SMILES string of the molecule is O=C(O)NC(=O)C12CCCN(CCC1)C2. The molecular formula is C10H16N2O3. The van der Waals surface area contributed by atoms with E-state index in [1.165, 1.54) is 0 Å². The third kappa shape index (κ3) is 1.97. The Morgan fingerprint density at radius 3 is 2.33 bits per heavy atom. The summed E-state index contributed by atoms with van der Waals surface area (Å²) in [6.07, 6.45) is 2.39. The van der Waals surface area contributed by atoms with Crippen LogP contribution in [0.15, 0.2) is 0 Å². The number of hydrogen-bond acceptors (Lipinski definition) is 3. The van der Waals surface area contributed by atoms with E-state index in [4.69, 9.17) is 5.11 Å². The third-order valence-electron chi connectivity index (χ3n) is 3.49. The van der Waals surface area contributed by atoms with E-state index in [1.54, 1.807) is 0 Å². The Kier molecular flexibility index (Phi) is 2.65. The first-order valence-electron chi connectivity index (χ1n) is 5.39. The number of carbonyl (C=O) groups excluding carboxylic acids is 1. The molecule has 2 aliphatic heterocycles. The van der Waals surface area contributed by atoms with Gasteiger partial charge in [0.25, 0.3) is 0 Å². The average molecular weight is 212 g/mol. The van der Waals surface area contributed by atoms with Crippen LogP contribution in [-0.4, -0.2) is 41.6 Å². The van der Waals surface area contributed by atoms with Gasteiger partial charge in [-0.2, -0.15) is 0 Å². The van der Waals surface area contributed by atoms with Crippen molar-refractivity contribution in [3.8, 4) is 0 Å². The van der Waals surface area contributed by atoms with Gasteiger partial charge in [0, 0.05) is 6.54 Å². The second-order valence-corrected chi connectivity index (χ2v) is 4.52. The van der Waals surface area contributed by atoms with Crippen molar-refractivity contribution in [3.63, 3.8) is 0 Å². The highest BCUT2D eigenvalue weighted by Gasteiger charge is 2.44. The molecule has 0 radical (unpaired) electrons. The number of nitrogens with zero attached hydrogens (tertiary/aromatic N) is 1. The summed E-state index contributed by atoms with van der Waals surface area (Å²) in [5.41, 5.74) is -0.436. The summed E-state index contributed by atoms with van der Waals surface area (Å²) in [6, 6.07) is 0. The van der Waals surface area contributed by atoms with Crippen molar-refractivity contribution in [2.24, 2.45) is 5.41 Å². The number of nitrogens with one attached hydrogen (secondary N) is 1. The van der Waals surface area contributed by atoms with Gasteiger partial charge in [0.05, 0.1) is 5.41 Å². The van der Waals surface area contributed by atoms with Crippen molar-refractivity contribution in [3.05, 3.63) is 0 Å². The fraction of sp³-hybridized carbons (Fsp3) is 0.800. The predicted molar refractivity (Wildman–Crippen MR) is 53.5 cm³/mol. The Bertz CT molecular complexity index is 280. The molecule has 5 heteroatoms. The van der Waals surface area contributed by atoms with Crippen LogP contribution in [0.2, 0.25) is 0 Å². The summed E-state index contributed by atoms with van der Waals surface area (Å²) in [7, 11) is 0. The third-order valence-corrected chi connectivity index (χ3v) is 3.49. The molecule has 0 saturated carbocycles. The van der Waals surface area contributed by atoms with Gasteiger partial charge in [-0.3, -0.25) is 10.1 Å². The molecule has 2 heterocycles. The second-order valence-electron chi connectivity index (χ2n) is 4.52. The average Bonchev–Trinajstić information content (AvgIpc) is 2.16. The maximum Gasteiger partial charge on any atom is 0.411 e. The highest BCUT2D eigenvalue weighted by Crippen LogP contribution is 2.38. The van der Waals surface area contributed by atoms with Crippen LogP contribution < -0.4 is 5.32 Å². The van der Waals surface area contributed by atoms with Crippen molar-refractivity contribution in [1.82, 2.24) is 10.2 Å². The zero-order chi connectivity index (χ0) is 10.9. The summed E-state index contributed by atoms with van der Waals surface area (Å²) < 4.78 is 0. The molecule has 0 aromatic rings. The number of rotatable bonds is 1. The van der Waals surface area contributed by atoms with E-state index < -0.39 is 11.5 Å². The maximum absolute atomic E-state index is 11.8. The molecule has 84 valence electrons. The largest absolute Gasteiger partial charge is 0.465 e. The van der Waals surface area contributed by atoms with E-state index in [0.29, 0.717) is 0 Å². The number of imide groups is 1. The second kappa shape index (κ2) is 3.81. The topological polar surface area (TPSA) is 69.6 Å². The van der Waals surface area contributed by atoms with Gasteiger partial charge >= 0.3 is 6.09 Å². The minimum atomic E-state index is -1.24. The molecule has 0 unspecified atom stereocenters. The molecule has 5 nitrogen and oxygen atoms in total. The first-order valence-corrected chi connectivity index (χ1v) is 5.39. The Labute approximate surface area is 88.4 Å². The van der Waals surface area contributed by atoms with Gasteiger partial charge < -0.3 is 10.0 Å². The fourth-order valence-electron chi connectivity index (χ4n) is 2.79. The van der Waals surface area contributed by atoms with Crippen LogP contribution in [0.5, 0.6) is 0 Å². The van der Waals surface area contributed by atoms with Gasteiger partial charge in [-0.25, -0.2) is 4.79 Å². The van der Waals surface area contributed by atoms with Crippen LogP contribution in [0.4, 0.5) is 4.79 Å². The van der Waals surface area contributed by atoms with Crippen LogP contribution in [0, 0.1) is 5.41 Å². The number of piperidine rings is 2. The predicted octanol–water partition coefficient (Wildman–Crippen LogP) is 0.657. The first-order chi connectivity index (χ1) is 7.12. The van der Waals surface area contributed by atoms with Crippen molar-refractivity contribution < 1.29 is 14.7 Å². The minimum absolute atomic E-state index is 0.306. The molecule has 15 heavy (non-hydrogen) atoms. The number of carboxylic acid groups (broad SMARTS) is 1. The van der Waals surface area contributed by atoms with Crippen LogP contribution in [0.1, 0.15) is 25.7 Å². The Morgan fingerprint density at radius 2 is 1.80 bits per heavy atom. The zero-order valence-corrected chi connectivity index (χ0v) is 8.66. The van der Waals surface area contributed by atoms with Crippen molar-refractivity contribution in [2.45, 2.75) is 25.7 Å². The standard InChI is InChI=1S/C10H16N2O3/c13-8(11-9(14)15)10-3-1-5-12(7-10)6-2-4-10/h1-7H2,(H,11,13)(H,14,15). The zero-order valence-electron chi connectivity index (χ0n) is 8.66. The molecule has 0 atom stereocenters. The van der Waals surface area contributed by atoms with Gasteiger partial charge in [0.15, 0.2) is 0 Å². The highest BCUT2D eigenvalue weighted by molar-refractivity contribution is 5.94. The molecule has 2 aliphatic rings. The molecule has 2 bridgehead atoms. The summed E-state index contributed by atoms with van der Waals surface area (Å²) in [4.78, 5) is 24.5. The van der Waals surface area contributed by atoms with E-state index in [0.717, 1.165) is 45.3 Å². The molecule has 2 saturated heterocycles. The molecule has 0 aromatic heterocycles. The van der Waals surface area contributed by atoms with E-state index in [1.807, 2.05) is 5.32 Å². The van der Waals surface area contributed by atoms with E-state index in [9.17, 15) is 9.59 Å². The van der Waals surface area contributed by atoms with E-state index >= 15 is 0 Å². The summed E-state index contributed by atoms with van der Waals surface area (Å²) in [5, 5.41) is 10.6. The minimum Gasteiger partial charge on any atom is -0.465 e. The maximum atomic E-state index is 11.8. The van der Waals surface area contributed by atoms with Crippen molar-refractivity contribution >= 4 is 12.0 Å². The molecule has 2 amide bonds. The normalized spacial score (nSPS) is 34.5. The Balaban J connectivity index is 2.09. The summed E-state index contributed by atoms with van der Waals surface area (Å²) in [6.45, 7) is 2.82. The molecular weight excluding hydrogens is 196 g/mol. The lowest BCUT2D eigenvalue weighted by atomic mass is 9.73. The Morgan fingerprint density at radius 1 is 1.20 bits per heavy atom. The summed E-state index contributed by atoms with van der Waals surface area (Å²) in [5.74, 6) is -0.306. The van der Waals surface area contributed by atoms with Gasteiger partial charge in [-0.15, -0.1) is 0 Å². The van der Waals surface area contributed by atoms with Crippen LogP contribution >= 0.6 is 0 Å². The van der Waals surface area contributed by atoms with Crippen LogP contribution in [0.3, 0.4) is 0 Å². The number of amides is 2. The van der Waals surface area contributed by atoms with Gasteiger partial charge in [0.1, 0.15) is 0 Å². The molecule has 0 aromatic carbocycles. The van der Waals surface area contributed by atoms with Gasteiger partial charge in [0.2, 0.25) is 5.91 Å². The quantitative estimate of drug-likeness (QED) is 0.669. The monoisotopic (exact) mass is 212 g/mol. The van der Waals surface area contributed by atoms with Gasteiger partial charge in [-0.1, -0.05) is 0 Å². The molecule has 2 N–H and O–H groups in total. The van der Waals surface area contributed by atoms with Crippen molar-refractivity contribution in [1.29, 1.82) is 0 Å².